The second kappa shape index (κ2) is 6.74. The summed E-state index contributed by atoms with van der Waals surface area (Å²) in [5, 5.41) is 9.98. The van der Waals surface area contributed by atoms with Gasteiger partial charge in [-0.2, -0.15) is 0 Å². The Bertz CT molecular complexity index is 684. The van der Waals surface area contributed by atoms with Gasteiger partial charge < -0.3 is 5.11 Å². The van der Waals surface area contributed by atoms with Crippen LogP contribution >= 0.6 is 0 Å². The molecule has 0 radical (unpaired) electrons. The van der Waals surface area contributed by atoms with Crippen LogP contribution < -0.4 is 4.72 Å². The fourth-order valence-corrected chi connectivity index (χ4v) is 3.13. The number of anilines is 1. The highest BCUT2D eigenvalue weighted by Gasteiger charge is 2.14. The summed E-state index contributed by atoms with van der Waals surface area (Å²) in [5.41, 5.74) is 1.16. The summed E-state index contributed by atoms with van der Waals surface area (Å²) in [6.07, 6.45) is 0.937. The van der Waals surface area contributed by atoms with Crippen LogP contribution in [-0.2, 0) is 10.0 Å². The number of nitrogens with one attached hydrogen (secondary N) is 1. The summed E-state index contributed by atoms with van der Waals surface area (Å²) in [4.78, 5) is 0.213. The van der Waals surface area contributed by atoms with Crippen LogP contribution in [0, 0.1) is 0 Å². The molecule has 0 heterocycles. The van der Waals surface area contributed by atoms with Gasteiger partial charge in [0.05, 0.1) is 11.0 Å². The maximum absolute atomic E-state index is 12.2. The minimum absolute atomic E-state index is 0.213. The third-order valence-corrected chi connectivity index (χ3v) is 4.54. The molecule has 0 spiro atoms. The molecule has 2 aromatic rings. The van der Waals surface area contributed by atoms with Gasteiger partial charge in [-0.3, -0.25) is 4.72 Å². The molecule has 1 unspecified atom stereocenters. The number of hydrogen-bond acceptors (Lipinski definition) is 3. The van der Waals surface area contributed by atoms with Crippen LogP contribution in [0.2, 0.25) is 0 Å². The Hall–Kier alpha value is -1.85. The lowest BCUT2D eigenvalue weighted by atomic mass is 10.1. The zero-order chi connectivity index (χ0) is 15.3. The lowest BCUT2D eigenvalue weighted by molar-refractivity contribution is 0.166. The van der Waals surface area contributed by atoms with E-state index >= 15 is 0 Å². The molecule has 2 aromatic carbocycles. The standard InChI is InChI=1S/C16H19NO3S/c1-2-7-16(18)13-8-6-9-14(12-13)17-21(19,20)15-10-4-3-5-11-15/h3-6,8-12,16-18H,2,7H2,1H3. The summed E-state index contributed by atoms with van der Waals surface area (Å²) in [6, 6.07) is 15.1. The Kier molecular flexibility index (Phi) is 4.98. The van der Waals surface area contributed by atoms with Crippen LogP contribution in [-0.4, -0.2) is 13.5 Å². The summed E-state index contributed by atoms with van der Waals surface area (Å²) >= 11 is 0. The lowest BCUT2D eigenvalue weighted by Gasteiger charge is -2.13. The normalized spacial score (nSPS) is 12.9. The molecule has 0 aliphatic carbocycles. The van der Waals surface area contributed by atoms with Crippen molar-refractivity contribution >= 4 is 15.7 Å². The third-order valence-electron chi connectivity index (χ3n) is 3.14. The van der Waals surface area contributed by atoms with Crippen LogP contribution in [0.25, 0.3) is 0 Å². The fraction of sp³-hybridized carbons (Fsp3) is 0.250. The number of aliphatic hydroxyl groups excluding tert-OH is 1. The van der Waals surface area contributed by atoms with Crippen LogP contribution in [0.4, 0.5) is 5.69 Å². The van der Waals surface area contributed by atoms with Crippen molar-refractivity contribution in [2.75, 3.05) is 4.72 Å². The summed E-state index contributed by atoms with van der Waals surface area (Å²) < 4.78 is 27.0. The molecule has 0 saturated heterocycles. The van der Waals surface area contributed by atoms with Crippen LogP contribution in [0.3, 0.4) is 0 Å². The molecule has 2 rings (SSSR count). The minimum Gasteiger partial charge on any atom is -0.388 e. The third kappa shape index (κ3) is 4.06. The Morgan fingerprint density at radius 2 is 1.81 bits per heavy atom. The van der Waals surface area contributed by atoms with E-state index < -0.39 is 16.1 Å². The second-order valence-corrected chi connectivity index (χ2v) is 6.53. The van der Waals surface area contributed by atoms with Gasteiger partial charge in [0, 0.05) is 5.69 Å². The number of hydrogen-bond donors (Lipinski definition) is 2. The van der Waals surface area contributed by atoms with Crippen molar-refractivity contribution in [2.45, 2.75) is 30.8 Å². The zero-order valence-electron chi connectivity index (χ0n) is 11.9. The highest BCUT2D eigenvalue weighted by molar-refractivity contribution is 7.92. The minimum atomic E-state index is -3.60. The van der Waals surface area contributed by atoms with Crippen molar-refractivity contribution in [3.8, 4) is 0 Å². The molecule has 1 atom stereocenters. The quantitative estimate of drug-likeness (QED) is 0.860. The number of sulfonamides is 1. The average molecular weight is 305 g/mol. The maximum atomic E-state index is 12.2. The van der Waals surface area contributed by atoms with E-state index in [1.165, 1.54) is 12.1 Å². The summed E-state index contributed by atoms with van der Waals surface area (Å²) in [6.45, 7) is 1.99. The van der Waals surface area contributed by atoms with Gasteiger partial charge in [-0.05, 0) is 36.2 Å². The van der Waals surface area contributed by atoms with Crippen LogP contribution in [0.5, 0.6) is 0 Å². The smallest absolute Gasteiger partial charge is 0.261 e. The van der Waals surface area contributed by atoms with Crippen LogP contribution in [0.1, 0.15) is 31.4 Å². The topological polar surface area (TPSA) is 66.4 Å². The molecule has 0 aliphatic heterocycles. The average Bonchev–Trinajstić information content (AvgIpc) is 2.48. The van der Waals surface area contributed by atoms with Crippen molar-refractivity contribution in [1.29, 1.82) is 0 Å². The second-order valence-electron chi connectivity index (χ2n) is 4.85. The van der Waals surface area contributed by atoms with E-state index in [2.05, 4.69) is 4.72 Å². The Morgan fingerprint density at radius 3 is 2.48 bits per heavy atom. The van der Waals surface area contributed by atoms with E-state index in [0.29, 0.717) is 17.7 Å². The zero-order valence-corrected chi connectivity index (χ0v) is 12.7. The Balaban J connectivity index is 2.22. The molecule has 112 valence electrons. The molecule has 0 aliphatic rings. The predicted molar refractivity (Wildman–Crippen MR) is 83.6 cm³/mol. The molecular weight excluding hydrogens is 286 g/mol. The number of benzene rings is 2. The molecule has 0 amide bonds. The molecule has 0 bridgehead atoms. The highest BCUT2D eigenvalue weighted by atomic mass is 32.2. The molecule has 5 heteroatoms. The SMILES string of the molecule is CCCC(O)c1cccc(NS(=O)(=O)c2ccccc2)c1. The van der Waals surface area contributed by atoms with Gasteiger partial charge >= 0.3 is 0 Å². The van der Waals surface area contributed by atoms with Gasteiger partial charge in [0.1, 0.15) is 0 Å². The molecule has 0 saturated carbocycles. The lowest BCUT2D eigenvalue weighted by Crippen LogP contribution is -2.13. The van der Waals surface area contributed by atoms with E-state index in [-0.39, 0.29) is 4.90 Å². The van der Waals surface area contributed by atoms with Crippen molar-refractivity contribution in [2.24, 2.45) is 0 Å². The van der Waals surface area contributed by atoms with Gasteiger partial charge in [0.2, 0.25) is 0 Å². The molecule has 2 N–H and O–H groups in total. The predicted octanol–water partition coefficient (Wildman–Crippen LogP) is 3.32. The fourth-order valence-electron chi connectivity index (χ4n) is 2.06. The highest BCUT2D eigenvalue weighted by Crippen LogP contribution is 2.23. The maximum Gasteiger partial charge on any atom is 0.261 e. The van der Waals surface area contributed by atoms with E-state index in [9.17, 15) is 13.5 Å². The number of rotatable bonds is 6. The van der Waals surface area contributed by atoms with Crippen molar-refractivity contribution in [1.82, 2.24) is 0 Å². The van der Waals surface area contributed by atoms with Gasteiger partial charge in [0.25, 0.3) is 10.0 Å². The number of aliphatic hydroxyl groups is 1. The molecule has 0 aromatic heterocycles. The first-order valence-corrected chi connectivity index (χ1v) is 8.37. The molecular formula is C16H19NO3S. The molecule has 21 heavy (non-hydrogen) atoms. The van der Waals surface area contributed by atoms with E-state index in [1.807, 2.05) is 6.92 Å². The van der Waals surface area contributed by atoms with Crippen molar-refractivity contribution < 1.29 is 13.5 Å². The first kappa shape index (κ1) is 15.5. The Morgan fingerprint density at radius 1 is 1.10 bits per heavy atom. The van der Waals surface area contributed by atoms with E-state index in [1.54, 1.807) is 42.5 Å². The largest absolute Gasteiger partial charge is 0.388 e. The van der Waals surface area contributed by atoms with Crippen molar-refractivity contribution in [3.05, 3.63) is 60.2 Å². The van der Waals surface area contributed by atoms with E-state index in [0.717, 1.165) is 6.42 Å². The summed E-state index contributed by atoms with van der Waals surface area (Å²) in [7, 11) is -3.60. The van der Waals surface area contributed by atoms with Crippen LogP contribution in [0.15, 0.2) is 59.5 Å². The first-order valence-electron chi connectivity index (χ1n) is 6.89. The summed E-state index contributed by atoms with van der Waals surface area (Å²) in [5.74, 6) is 0. The monoisotopic (exact) mass is 305 g/mol. The van der Waals surface area contributed by atoms with Gasteiger partial charge in [-0.15, -0.1) is 0 Å². The van der Waals surface area contributed by atoms with Gasteiger partial charge in [-0.25, -0.2) is 8.42 Å². The molecule has 4 nitrogen and oxygen atoms in total. The first-order chi connectivity index (χ1) is 10.0. The van der Waals surface area contributed by atoms with Gasteiger partial charge in [0.15, 0.2) is 0 Å². The molecule has 0 fully saturated rings. The van der Waals surface area contributed by atoms with Gasteiger partial charge in [-0.1, -0.05) is 43.7 Å². The van der Waals surface area contributed by atoms with Crippen molar-refractivity contribution in [3.63, 3.8) is 0 Å². The van der Waals surface area contributed by atoms with E-state index in [4.69, 9.17) is 0 Å². The Labute approximate surface area is 125 Å².